The molecule has 0 saturated carbocycles. The van der Waals surface area contributed by atoms with Crippen molar-refractivity contribution in [3.63, 3.8) is 0 Å². The predicted octanol–water partition coefficient (Wildman–Crippen LogP) is 3.58. The number of pyridine rings is 1. The maximum absolute atomic E-state index is 10.9. The number of rotatable bonds is 7. The molecule has 22 heavy (non-hydrogen) atoms. The molecule has 4 nitrogen and oxygen atoms in total. The Balaban J connectivity index is 2.11. The van der Waals surface area contributed by atoms with Crippen LogP contribution in [0, 0.1) is 0 Å². The first-order chi connectivity index (χ1) is 10.6. The lowest BCUT2D eigenvalue weighted by atomic mass is 10.1. The fourth-order valence-electron chi connectivity index (χ4n) is 2.34. The van der Waals surface area contributed by atoms with E-state index in [2.05, 4.69) is 23.7 Å². The van der Waals surface area contributed by atoms with Gasteiger partial charge in [0.25, 0.3) is 0 Å². The maximum Gasteiger partial charge on any atom is 0.335 e. The van der Waals surface area contributed by atoms with Crippen LogP contribution in [0.15, 0.2) is 48.8 Å². The second kappa shape index (κ2) is 7.71. The zero-order chi connectivity index (χ0) is 15.9. The van der Waals surface area contributed by atoms with Crippen LogP contribution >= 0.6 is 0 Å². The Morgan fingerprint density at radius 1 is 1.09 bits per heavy atom. The minimum absolute atomic E-state index is 0.327. The first kappa shape index (κ1) is 16.2. The molecule has 1 atom stereocenters. The number of nitrogens with zero attached hydrogens (tertiary/aromatic N) is 2. The van der Waals surface area contributed by atoms with Crippen LogP contribution in [0.2, 0.25) is 0 Å². The van der Waals surface area contributed by atoms with Gasteiger partial charge in [-0.1, -0.05) is 19.1 Å². The molecular weight excluding hydrogens is 276 g/mol. The van der Waals surface area contributed by atoms with Gasteiger partial charge in [0, 0.05) is 31.5 Å². The summed E-state index contributed by atoms with van der Waals surface area (Å²) in [5.74, 6) is -0.887. The second-order valence-electron chi connectivity index (χ2n) is 5.52. The van der Waals surface area contributed by atoms with E-state index in [1.54, 1.807) is 12.1 Å². The van der Waals surface area contributed by atoms with Gasteiger partial charge in [0.2, 0.25) is 0 Å². The summed E-state index contributed by atoms with van der Waals surface area (Å²) < 4.78 is 0. The van der Waals surface area contributed by atoms with Gasteiger partial charge in [0.05, 0.1) is 5.56 Å². The van der Waals surface area contributed by atoms with Gasteiger partial charge in [0.15, 0.2) is 0 Å². The highest BCUT2D eigenvalue weighted by molar-refractivity contribution is 5.87. The Hall–Kier alpha value is -2.20. The molecule has 0 aliphatic carbocycles. The summed E-state index contributed by atoms with van der Waals surface area (Å²) in [7, 11) is 0. The van der Waals surface area contributed by atoms with E-state index >= 15 is 0 Å². The zero-order valence-corrected chi connectivity index (χ0v) is 13.1. The largest absolute Gasteiger partial charge is 0.478 e. The minimum atomic E-state index is -0.887. The molecule has 0 aliphatic heterocycles. The Kier molecular flexibility index (Phi) is 5.67. The molecule has 0 bridgehead atoms. The number of carboxylic acid groups (broad SMARTS) is 1. The van der Waals surface area contributed by atoms with Gasteiger partial charge < -0.3 is 5.11 Å². The van der Waals surface area contributed by atoms with Gasteiger partial charge in [-0.2, -0.15) is 0 Å². The van der Waals surface area contributed by atoms with Crippen molar-refractivity contribution in [2.24, 2.45) is 0 Å². The van der Waals surface area contributed by atoms with Gasteiger partial charge in [-0.3, -0.25) is 9.88 Å². The van der Waals surface area contributed by atoms with Crippen molar-refractivity contribution < 1.29 is 9.90 Å². The monoisotopic (exact) mass is 298 g/mol. The molecule has 0 aliphatic rings. The van der Waals surface area contributed by atoms with Crippen molar-refractivity contribution in [1.82, 2.24) is 9.88 Å². The van der Waals surface area contributed by atoms with Crippen molar-refractivity contribution >= 4 is 5.97 Å². The average Bonchev–Trinajstić information content (AvgIpc) is 2.55. The highest BCUT2D eigenvalue weighted by Crippen LogP contribution is 2.15. The smallest absolute Gasteiger partial charge is 0.335 e. The first-order valence-electron chi connectivity index (χ1n) is 7.55. The fourth-order valence-corrected chi connectivity index (χ4v) is 2.34. The van der Waals surface area contributed by atoms with Gasteiger partial charge in [-0.15, -0.1) is 0 Å². The van der Waals surface area contributed by atoms with E-state index in [9.17, 15) is 4.79 Å². The molecule has 1 aromatic carbocycles. The average molecular weight is 298 g/mol. The fraction of sp³-hybridized carbons (Fsp3) is 0.333. The molecule has 2 aromatic rings. The molecule has 0 amide bonds. The number of aromatic carboxylic acids is 1. The van der Waals surface area contributed by atoms with Crippen LogP contribution in [0.3, 0.4) is 0 Å². The lowest BCUT2D eigenvalue weighted by molar-refractivity contribution is 0.0697. The number of hydrogen-bond acceptors (Lipinski definition) is 3. The molecule has 0 saturated heterocycles. The van der Waals surface area contributed by atoms with Crippen LogP contribution in [-0.2, 0) is 13.1 Å². The summed E-state index contributed by atoms with van der Waals surface area (Å²) in [6.07, 6.45) is 4.69. The molecule has 2 rings (SSSR count). The molecule has 0 fully saturated rings. The molecule has 0 unspecified atom stereocenters. The molecule has 4 heteroatoms. The number of carbonyl (C=O) groups is 1. The molecule has 1 N–H and O–H groups in total. The maximum atomic E-state index is 10.9. The third-order valence-corrected chi connectivity index (χ3v) is 3.94. The summed E-state index contributed by atoms with van der Waals surface area (Å²) in [5, 5.41) is 8.96. The molecule has 1 aromatic heterocycles. The van der Waals surface area contributed by atoms with E-state index < -0.39 is 5.97 Å². The summed E-state index contributed by atoms with van der Waals surface area (Å²) in [6, 6.07) is 11.6. The van der Waals surface area contributed by atoms with Crippen LogP contribution in [0.4, 0.5) is 0 Å². The van der Waals surface area contributed by atoms with Crippen molar-refractivity contribution in [1.29, 1.82) is 0 Å². The number of aromatic nitrogens is 1. The molecule has 116 valence electrons. The van der Waals surface area contributed by atoms with Crippen LogP contribution in [0.1, 0.15) is 41.8 Å². The van der Waals surface area contributed by atoms with Crippen molar-refractivity contribution in [3.05, 3.63) is 65.5 Å². The zero-order valence-electron chi connectivity index (χ0n) is 13.1. The Bertz CT molecular complexity index is 596. The van der Waals surface area contributed by atoms with Crippen molar-refractivity contribution in [3.8, 4) is 0 Å². The molecule has 0 spiro atoms. The number of carboxylic acids is 1. The Morgan fingerprint density at radius 3 is 2.14 bits per heavy atom. The van der Waals surface area contributed by atoms with E-state index in [-0.39, 0.29) is 0 Å². The molecule has 1 heterocycles. The highest BCUT2D eigenvalue weighted by atomic mass is 16.4. The lowest BCUT2D eigenvalue weighted by Crippen LogP contribution is -2.31. The summed E-state index contributed by atoms with van der Waals surface area (Å²) in [5.41, 5.74) is 2.68. The Labute approximate surface area is 131 Å². The van der Waals surface area contributed by atoms with Crippen LogP contribution in [-0.4, -0.2) is 27.0 Å². The SMILES string of the molecule is CC[C@@H](C)N(Cc1ccncc1)Cc1ccc(C(=O)O)cc1. The third kappa shape index (κ3) is 4.40. The molecular formula is C18H22N2O2. The van der Waals surface area contributed by atoms with Crippen LogP contribution in [0.25, 0.3) is 0 Å². The normalized spacial score (nSPS) is 12.3. The minimum Gasteiger partial charge on any atom is -0.478 e. The number of benzene rings is 1. The van der Waals surface area contributed by atoms with Gasteiger partial charge in [-0.05, 0) is 48.7 Å². The summed E-state index contributed by atoms with van der Waals surface area (Å²) >= 11 is 0. The highest BCUT2D eigenvalue weighted by Gasteiger charge is 2.13. The topological polar surface area (TPSA) is 53.4 Å². The van der Waals surface area contributed by atoms with E-state index in [1.165, 1.54) is 5.56 Å². The quantitative estimate of drug-likeness (QED) is 0.849. The van der Waals surface area contributed by atoms with Crippen LogP contribution < -0.4 is 0 Å². The summed E-state index contributed by atoms with van der Waals surface area (Å²) in [6.45, 7) is 6.06. The van der Waals surface area contributed by atoms with E-state index in [0.717, 1.165) is 25.1 Å². The predicted molar refractivity (Wildman–Crippen MR) is 86.6 cm³/mol. The van der Waals surface area contributed by atoms with Gasteiger partial charge >= 0.3 is 5.97 Å². The van der Waals surface area contributed by atoms with Crippen LogP contribution in [0.5, 0.6) is 0 Å². The Morgan fingerprint density at radius 2 is 1.64 bits per heavy atom. The standard InChI is InChI=1S/C18H22N2O2/c1-3-14(2)20(13-16-8-10-19-11-9-16)12-15-4-6-17(7-5-15)18(21)22/h4-11,14H,3,12-13H2,1-2H3,(H,21,22)/t14-/m1/s1. The van der Waals surface area contributed by atoms with Gasteiger partial charge in [-0.25, -0.2) is 4.79 Å². The molecule has 0 radical (unpaired) electrons. The van der Waals surface area contributed by atoms with E-state index in [0.29, 0.717) is 11.6 Å². The summed E-state index contributed by atoms with van der Waals surface area (Å²) in [4.78, 5) is 17.4. The van der Waals surface area contributed by atoms with Crippen molar-refractivity contribution in [2.45, 2.75) is 39.4 Å². The lowest BCUT2D eigenvalue weighted by Gasteiger charge is -2.28. The van der Waals surface area contributed by atoms with Crippen molar-refractivity contribution in [2.75, 3.05) is 0 Å². The number of hydrogen-bond donors (Lipinski definition) is 1. The second-order valence-corrected chi connectivity index (χ2v) is 5.52. The van der Waals surface area contributed by atoms with Gasteiger partial charge in [0.1, 0.15) is 0 Å². The third-order valence-electron chi connectivity index (χ3n) is 3.94. The van der Waals surface area contributed by atoms with E-state index in [1.807, 2.05) is 36.7 Å². The van der Waals surface area contributed by atoms with E-state index in [4.69, 9.17) is 5.11 Å². The first-order valence-corrected chi connectivity index (χ1v) is 7.55.